The fraction of sp³-hybridized carbons (Fsp3) is 0.241. The van der Waals surface area contributed by atoms with Crippen LogP contribution >= 0.6 is 27.7 Å². The standard InChI is InChI=1S/C29H28BrN3O3S/c1-4-32-17-27(21-8-5-6-10-24(21)32)37-18-28(34)33-25(22-9-7-11-26(35-2)29(22)36-3)16-23(31-33)19-12-14-20(30)15-13-19/h5-15,17,25H,4,16,18H2,1-3H3/t25-/m0/s1. The topological polar surface area (TPSA) is 56.1 Å². The molecule has 1 atom stereocenters. The van der Waals surface area contributed by atoms with E-state index in [4.69, 9.17) is 14.6 Å². The van der Waals surface area contributed by atoms with Gasteiger partial charge >= 0.3 is 0 Å². The molecule has 0 unspecified atom stereocenters. The smallest absolute Gasteiger partial charge is 0.253 e. The molecule has 1 amide bonds. The minimum Gasteiger partial charge on any atom is -0.493 e. The molecule has 1 aliphatic heterocycles. The number of amides is 1. The van der Waals surface area contributed by atoms with E-state index >= 15 is 0 Å². The van der Waals surface area contributed by atoms with Gasteiger partial charge in [0.2, 0.25) is 0 Å². The minimum atomic E-state index is -0.297. The van der Waals surface area contributed by atoms with Crippen LogP contribution < -0.4 is 9.47 Å². The molecule has 0 N–H and O–H groups in total. The van der Waals surface area contributed by atoms with Crippen molar-refractivity contribution in [2.24, 2.45) is 5.10 Å². The van der Waals surface area contributed by atoms with E-state index in [0.29, 0.717) is 17.9 Å². The van der Waals surface area contributed by atoms with Gasteiger partial charge in [-0.2, -0.15) is 5.10 Å². The van der Waals surface area contributed by atoms with Crippen molar-refractivity contribution in [1.29, 1.82) is 0 Å². The molecule has 0 bridgehead atoms. The van der Waals surface area contributed by atoms with Crippen LogP contribution in [0.1, 0.15) is 30.5 Å². The van der Waals surface area contributed by atoms with Crippen LogP contribution in [0.5, 0.6) is 11.5 Å². The van der Waals surface area contributed by atoms with E-state index in [0.717, 1.165) is 38.1 Å². The largest absolute Gasteiger partial charge is 0.493 e. The molecule has 6 nitrogen and oxygen atoms in total. The van der Waals surface area contributed by atoms with Crippen LogP contribution in [-0.2, 0) is 11.3 Å². The second kappa shape index (κ2) is 11.0. The summed E-state index contributed by atoms with van der Waals surface area (Å²) in [5.74, 6) is 1.47. The third kappa shape index (κ3) is 5.00. The zero-order valence-electron chi connectivity index (χ0n) is 21.0. The van der Waals surface area contributed by atoms with Gasteiger partial charge in [-0.05, 0) is 36.8 Å². The summed E-state index contributed by atoms with van der Waals surface area (Å²) in [5, 5.41) is 7.63. The number of nitrogens with zero attached hydrogens (tertiary/aromatic N) is 3. The molecule has 0 aliphatic carbocycles. The molecule has 5 rings (SSSR count). The number of ether oxygens (including phenoxy) is 2. The van der Waals surface area contributed by atoms with Gasteiger partial charge < -0.3 is 14.0 Å². The monoisotopic (exact) mass is 577 g/mol. The van der Waals surface area contributed by atoms with Crippen molar-refractivity contribution in [3.05, 3.63) is 88.5 Å². The van der Waals surface area contributed by atoms with Crippen molar-refractivity contribution in [3.8, 4) is 11.5 Å². The minimum absolute atomic E-state index is 0.0553. The van der Waals surface area contributed by atoms with Gasteiger partial charge in [-0.1, -0.05) is 58.4 Å². The molecule has 0 saturated carbocycles. The predicted molar refractivity (Wildman–Crippen MR) is 153 cm³/mol. The average Bonchev–Trinajstić information content (AvgIpc) is 3.54. The van der Waals surface area contributed by atoms with Crippen molar-refractivity contribution in [1.82, 2.24) is 9.58 Å². The maximum atomic E-state index is 13.7. The van der Waals surface area contributed by atoms with Gasteiger partial charge in [0.25, 0.3) is 5.91 Å². The van der Waals surface area contributed by atoms with E-state index in [9.17, 15) is 4.79 Å². The molecule has 37 heavy (non-hydrogen) atoms. The van der Waals surface area contributed by atoms with E-state index in [2.05, 4.69) is 45.8 Å². The Hall–Kier alpha value is -3.23. The number of aryl methyl sites for hydroxylation is 1. The highest BCUT2D eigenvalue weighted by Crippen LogP contribution is 2.42. The lowest BCUT2D eigenvalue weighted by Gasteiger charge is -2.24. The highest BCUT2D eigenvalue weighted by molar-refractivity contribution is 9.10. The van der Waals surface area contributed by atoms with Gasteiger partial charge in [0, 0.05) is 45.0 Å². The van der Waals surface area contributed by atoms with E-state index in [-0.39, 0.29) is 17.7 Å². The fourth-order valence-corrected chi connectivity index (χ4v) is 5.97. The Balaban J connectivity index is 1.47. The third-order valence-electron chi connectivity index (χ3n) is 6.58. The van der Waals surface area contributed by atoms with Gasteiger partial charge in [-0.15, -0.1) is 11.8 Å². The first-order valence-corrected chi connectivity index (χ1v) is 13.9. The maximum absolute atomic E-state index is 13.7. The van der Waals surface area contributed by atoms with Crippen molar-refractivity contribution < 1.29 is 14.3 Å². The fourth-order valence-electron chi connectivity index (χ4n) is 4.77. The number of aromatic nitrogens is 1. The summed E-state index contributed by atoms with van der Waals surface area (Å²) in [6.45, 7) is 3.00. The summed E-state index contributed by atoms with van der Waals surface area (Å²) in [5.41, 5.74) is 3.90. The van der Waals surface area contributed by atoms with Crippen LogP contribution in [0.4, 0.5) is 0 Å². The molecule has 190 valence electrons. The van der Waals surface area contributed by atoms with Crippen molar-refractivity contribution >= 4 is 50.2 Å². The lowest BCUT2D eigenvalue weighted by Crippen LogP contribution is -2.28. The Morgan fingerprint density at radius 3 is 2.57 bits per heavy atom. The first-order valence-electron chi connectivity index (χ1n) is 12.1. The SMILES string of the molecule is CCn1cc(SCC(=O)N2N=C(c3ccc(Br)cc3)C[C@H]2c2cccc(OC)c2OC)c2ccccc21. The molecule has 1 aliphatic rings. The number of carbonyl (C=O) groups excluding carboxylic acids is 1. The summed E-state index contributed by atoms with van der Waals surface area (Å²) >= 11 is 5.05. The Labute approximate surface area is 229 Å². The molecule has 1 aromatic heterocycles. The highest BCUT2D eigenvalue weighted by Gasteiger charge is 2.35. The number of halogens is 1. The molecule has 0 fully saturated rings. The summed E-state index contributed by atoms with van der Waals surface area (Å²) < 4.78 is 14.5. The summed E-state index contributed by atoms with van der Waals surface area (Å²) in [7, 11) is 3.24. The highest BCUT2D eigenvalue weighted by atomic mass is 79.9. The first kappa shape index (κ1) is 25.4. The normalized spacial score (nSPS) is 15.2. The third-order valence-corrected chi connectivity index (χ3v) is 8.14. The zero-order chi connectivity index (χ0) is 25.9. The van der Waals surface area contributed by atoms with E-state index in [1.54, 1.807) is 31.0 Å². The summed E-state index contributed by atoms with van der Waals surface area (Å²) in [4.78, 5) is 14.8. The average molecular weight is 579 g/mol. The van der Waals surface area contributed by atoms with E-state index in [1.807, 2.05) is 54.6 Å². The quantitative estimate of drug-likeness (QED) is 0.213. The number of rotatable bonds is 8. The number of hydrazone groups is 1. The van der Waals surface area contributed by atoms with Gasteiger partial charge in [0.1, 0.15) is 0 Å². The maximum Gasteiger partial charge on any atom is 0.253 e. The summed E-state index contributed by atoms with van der Waals surface area (Å²) in [6.07, 6.45) is 2.71. The number of hydrogen-bond donors (Lipinski definition) is 0. The van der Waals surface area contributed by atoms with Crippen LogP contribution in [0, 0.1) is 0 Å². The van der Waals surface area contributed by atoms with Gasteiger partial charge in [0.15, 0.2) is 11.5 Å². The number of fused-ring (bicyclic) bond motifs is 1. The van der Waals surface area contributed by atoms with Crippen LogP contribution in [0.25, 0.3) is 10.9 Å². The van der Waals surface area contributed by atoms with Crippen LogP contribution in [0.2, 0.25) is 0 Å². The molecule has 4 aromatic rings. The van der Waals surface area contributed by atoms with Gasteiger partial charge in [-0.3, -0.25) is 4.79 Å². The lowest BCUT2D eigenvalue weighted by atomic mass is 9.97. The summed E-state index contributed by atoms with van der Waals surface area (Å²) in [6, 6.07) is 21.8. The number of hydrogen-bond acceptors (Lipinski definition) is 5. The Morgan fingerprint density at radius 1 is 1.05 bits per heavy atom. The zero-order valence-corrected chi connectivity index (χ0v) is 23.4. The van der Waals surface area contributed by atoms with Crippen molar-refractivity contribution in [2.75, 3.05) is 20.0 Å². The van der Waals surface area contributed by atoms with E-state index in [1.165, 1.54) is 5.52 Å². The molecule has 3 aromatic carbocycles. The Bertz CT molecular complexity index is 1470. The first-order chi connectivity index (χ1) is 18.0. The van der Waals surface area contributed by atoms with E-state index < -0.39 is 0 Å². The Morgan fingerprint density at radius 2 is 1.84 bits per heavy atom. The molecule has 0 spiro atoms. The molecular weight excluding hydrogens is 550 g/mol. The number of para-hydroxylation sites is 2. The van der Waals surface area contributed by atoms with Gasteiger partial charge in [-0.25, -0.2) is 5.01 Å². The van der Waals surface area contributed by atoms with Crippen LogP contribution in [0.15, 0.2) is 87.4 Å². The number of carbonyl (C=O) groups is 1. The number of thioether (sulfide) groups is 1. The predicted octanol–water partition coefficient (Wildman–Crippen LogP) is 6.91. The van der Waals surface area contributed by atoms with Crippen LogP contribution in [-0.4, -0.2) is 41.2 Å². The molecule has 2 heterocycles. The second-order valence-electron chi connectivity index (χ2n) is 8.68. The molecular formula is C29H28BrN3O3S. The lowest BCUT2D eigenvalue weighted by molar-refractivity contribution is -0.130. The second-order valence-corrected chi connectivity index (χ2v) is 10.6. The van der Waals surface area contributed by atoms with Crippen LogP contribution in [0.3, 0.4) is 0 Å². The molecule has 0 saturated heterocycles. The Kier molecular flexibility index (Phi) is 7.58. The van der Waals surface area contributed by atoms with Crippen molar-refractivity contribution in [3.63, 3.8) is 0 Å². The molecule has 0 radical (unpaired) electrons. The molecule has 8 heteroatoms. The number of methoxy groups -OCH3 is 2. The van der Waals surface area contributed by atoms with Gasteiger partial charge in [0.05, 0.1) is 31.7 Å². The van der Waals surface area contributed by atoms with Crippen molar-refractivity contribution in [2.45, 2.75) is 30.8 Å². The number of benzene rings is 3.